The molecule has 1 fully saturated rings. The topological polar surface area (TPSA) is 32.3 Å². The Kier molecular flexibility index (Phi) is 2.35. The lowest BCUT2D eigenvalue weighted by Crippen LogP contribution is -2.47. The standard InChI is InChI=1S/C7H12F3NO/c1-5(12)4-11-6(2-3-6)7(8,9)10/h5,11-12H,2-4H2,1H3/t5-/m1/s1. The van der Waals surface area contributed by atoms with Crippen molar-refractivity contribution in [3.05, 3.63) is 0 Å². The number of aliphatic hydroxyl groups excluding tert-OH is 1. The molecule has 0 aliphatic heterocycles. The molecular weight excluding hydrogens is 171 g/mol. The molecule has 1 rings (SSSR count). The lowest BCUT2D eigenvalue weighted by Gasteiger charge is -2.21. The van der Waals surface area contributed by atoms with Crippen LogP contribution in [0.25, 0.3) is 0 Å². The summed E-state index contributed by atoms with van der Waals surface area (Å²) in [6.07, 6.45) is -4.65. The van der Waals surface area contributed by atoms with Gasteiger partial charge < -0.3 is 10.4 Å². The van der Waals surface area contributed by atoms with Crippen molar-refractivity contribution in [2.24, 2.45) is 0 Å². The smallest absolute Gasteiger partial charge is 0.392 e. The number of β-amino-alcohol motifs (C(OH)–C–C–N with tert-alkyl or cyclic N) is 1. The fourth-order valence-corrected chi connectivity index (χ4v) is 1.03. The Hall–Kier alpha value is -0.290. The van der Waals surface area contributed by atoms with Crippen LogP contribution in [0.4, 0.5) is 13.2 Å². The molecule has 0 unspecified atom stereocenters. The zero-order valence-electron chi connectivity index (χ0n) is 6.78. The summed E-state index contributed by atoms with van der Waals surface area (Å²) in [5, 5.41) is 11.1. The van der Waals surface area contributed by atoms with Gasteiger partial charge in [-0.15, -0.1) is 0 Å². The van der Waals surface area contributed by atoms with Crippen LogP contribution in [0.5, 0.6) is 0 Å². The lowest BCUT2D eigenvalue weighted by atomic mass is 10.2. The van der Waals surface area contributed by atoms with Gasteiger partial charge >= 0.3 is 6.18 Å². The van der Waals surface area contributed by atoms with Crippen LogP contribution in [0.3, 0.4) is 0 Å². The maximum atomic E-state index is 12.2. The summed E-state index contributed by atoms with van der Waals surface area (Å²) in [4.78, 5) is 0. The molecule has 1 aliphatic rings. The number of hydrogen-bond acceptors (Lipinski definition) is 2. The Morgan fingerprint density at radius 2 is 2.00 bits per heavy atom. The highest BCUT2D eigenvalue weighted by atomic mass is 19.4. The largest absolute Gasteiger partial charge is 0.406 e. The van der Waals surface area contributed by atoms with E-state index >= 15 is 0 Å². The summed E-state index contributed by atoms with van der Waals surface area (Å²) in [5.74, 6) is 0. The van der Waals surface area contributed by atoms with E-state index < -0.39 is 17.8 Å². The third-order valence-electron chi connectivity index (χ3n) is 2.03. The number of alkyl halides is 3. The summed E-state index contributed by atoms with van der Waals surface area (Å²) in [5.41, 5.74) is -1.69. The van der Waals surface area contributed by atoms with Crippen LogP contribution in [0, 0.1) is 0 Å². The summed E-state index contributed by atoms with van der Waals surface area (Å²) < 4.78 is 36.6. The number of nitrogens with one attached hydrogen (secondary N) is 1. The number of halogens is 3. The molecule has 0 heterocycles. The molecule has 2 nitrogen and oxygen atoms in total. The third kappa shape index (κ3) is 1.90. The first kappa shape index (κ1) is 9.80. The minimum Gasteiger partial charge on any atom is -0.392 e. The van der Waals surface area contributed by atoms with Gasteiger partial charge in [-0.3, -0.25) is 0 Å². The summed E-state index contributed by atoms with van der Waals surface area (Å²) >= 11 is 0. The van der Waals surface area contributed by atoms with Gasteiger partial charge in [-0.1, -0.05) is 0 Å². The van der Waals surface area contributed by atoms with Crippen LogP contribution in [-0.4, -0.2) is 29.5 Å². The van der Waals surface area contributed by atoms with Crippen molar-refractivity contribution in [3.8, 4) is 0 Å². The predicted molar refractivity (Wildman–Crippen MR) is 37.7 cm³/mol. The number of aliphatic hydroxyl groups is 1. The van der Waals surface area contributed by atoms with Gasteiger partial charge in [0.25, 0.3) is 0 Å². The van der Waals surface area contributed by atoms with E-state index in [2.05, 4.69) is 5.32 Å². The monoisotopic (exact) mass is 183 g/mol. The minimum atomic E-state index is -4.18. The van der Waals surface area contributed by atoms with Gasteiger partial charge in [0.1, 0.15) is 5.54 Å². The zero-order valence-corrected chi connectivity index (χ0v) is 6.78. The van der Waals surface area contributed by atoms with E-state index in [4.69, 9.17) is 5.11 Å². The van der Waals surface area contributed by atoms with Gasteiger partial charge in [0.2, 0.25) is 0 Å². The minimum absolute atomic E-state index is 0.000486. The van der Waals surface area contributed by atoms with Gasteiger partial charge in [0.05, 0.1) is 6.10 Å². The van der Waals surface area contributed by atoms with E-state index in [1.807, 2.05) is 0 Å². The van der Waals surface area contributed by atoms with Crippen LogP contribution in [0.1, 0.15) is 19.8 Å². The fraction of sp³-hybridized carbons (Fsp3) is 1.00. The summed E-state index contributed by atoms with van der Waals surface area (Å²) in [6, 6.07) is 0. The second kappa shape index (κ2) is 2.88. The molecular formula is C7H12F3NO. The van der Waals surface area contributed by atoms with E-state index in [9.17, 15) is 13.2 Å². The van der Waals surface area contributed by atoms with Gasteiger partial charge in [-0.2, -0.15) is 13.2 Å². The quantitative estimate of drug-likeness (QED) is 0.685. The van der Waals surface area contributed by atoms with E-state index in [1.165, 1.54) is 6.92 Å². The van der Waals surface area contributed by atoms with Crippen molar-refractivity contribution in [3.63, 3.8) is 0 Å². The Bertz CT molecular complexity index is 163. The molecule has 0 aromatic heterocycles. The highest BCUT2D eigenvalue weighted by Crippen LogP contribution is 2.48. The van der Waals surface area contributed by atoms with Crippen LogP contribution in [0.2, 0.25) is 0 Å². The van der Waals surface area contributed by atoms with Crippen molar-refractivity contribution >= 4 is 0 Å². The van der Waals surface area contributed by atoms with E-state index in [0.717, 1.165) is 0 Å². The highest BCUT2D eigenvalue weighted by Gasteiger charge is 2.62. The highest BCUT2D eigenvalue weighted by molar-refractivity contribution is 5.07. The molecule has 0 aromatic rings. The van der Waals surface area contributed by atoms with Crippen LogP contribution in [0.15, 0.2) is 0 Å². The third-order valence-corrected chi connectivity index (χ3v) is 2.03. The SMILES string of the molecule is C[C@@H](O)CNC1(C(F)(F)F)CC1. The van der Waals surface area contributed by atoms with Gasteiger partial charge in [-0.25, -0.2) is 0 Å². The fourth-order valence-electron chi connectivity index (χ4n) is 1.03. The first-order valence-electron chi connectivity index (χ1n) is 3.87. The Morgan fingerprint density at radius 1 is 1.50 bits per heavy atom. The van der Waals surface area contributed by atoms with Gasteiger partial charge in [0, 0.05) is 6.54 Å². The first-order chi connectivity index (χ1) is 5.37. The van der Waals surface area contributed by atoms with Crippen LogP contribution in [-0.2, 0) is 0 Å². The van der Waals surface area contributed by atoms with Crippen molar-refractivity contribution < 1.29 is 18.3 Å². The van der Waals surface area contributed by atoms with Crippen molar-refractivity contribution in [1.29, 1.82) is 0 Å². The van der Waals surface area contributed by atoms with Crippen LogP contribution >= 0.6 is 0 Å². The molecule has 1 atom stereocenters. The molecule has 0 bridgehead atoms. The second-order valence-corrected chi connectivity index (χ2v) is 3.31. The summed E-state index contributed by atoms with van der Waals surface area (Å²) in [6.45, 7) is 1.46. The number of hydrogen-bond donors (Lipinski definition) is 2. The zero-order chi connectivity index (χ0) is 9.41. The van der Waals surface area contributed by atoms with E-state index in [-0.39, 0.29) is 19.4 Å². The summed E-state index contributed by atoms with van der Waals surface area (Å²) in [7, 11) is 0. The normalized spacial score (nSPS) is 23.8. The maximum absolute atomic E-state index is 12.2. The average Bonchev–Trinajstić information content (AvgIpc) is 2.60. The van der Waals surface area contributed by atoms with E-state index in [0.29, 0.717) is 0 Å². The number of rotatable bonds is 3. The first-order valence-corrected chi connectivity index (χ1v) is 3.87. The van der Waals surface area contributed by atoms with E-state index in [1.54, 1.807) is 0 Å². The predicted octanol–water partition coefficient (Wildman–Crippen LogP) is 1.05. The van der Waals surface area contributed by atoms with Gasteiger partial charge in [-0.05, 0) is 19.8 Å². The molecule has 2 N–H and O–H groups in total. The molecule has 0 radical (unpaired) electrons. The Balaban J connectivity index is 2.40. The molecule has 72 valence electrons. The molecule has 1 aliphatic carbocycles. The van der Waals surface area contributed by atoms with Crippen molar-refractivity contribution in [2.45, 2.75) is 37.6 Å². The van der Waals surface area contributed by atoms with Crippen molar-refractivity contribution in [1.82, 2.24) is 5.32 Å². The molecule has 0 saturated heterocycles. The lowest BCUT2D eigenvalue weighted by molar-refractivity contribution is -0.166. The molecule has 0 spiro atoms. The Labute approximate surface area is 68.8 Å². The molecule has 0 amide bonds. The molecule has 5 heteroatoms. The molecule has 0 aromatic carbocycles. The second-order valence-electron chi connectivity index (χ2n) is 3.31. The Morgan fingerprint density at radius 3 is 2.25 bits per heavy atom. The average molecular weight is 183 g/mol. The molecule has 1 saturated carbocycles. The molecule has 12 heavy (non-hydrogen) atoms. The maximum Gasteiger partial charge on any atom is 0.406 e. The van der Waals surface area contributed by atoms with Crippen molar-refractivity contribution in [2.75, 3.05) is 6.54 Å². The van der Waals surface area contributed by atoms with Gasteiger partial charge in [0.15, 0.2) is 0 Å². The van der Waals surface area contributed by atoms with Crippen LogP contribution < -0.4 is 5.32 Å².